The fourth-order valence-electron chi connectivity index (χ4n) is 1.73. The largest absolute Gasteiger partial charge is 0.550 e. The monoisotopic (exact) mass is 299 g/mol. The molecule has 0 heterocycles. The van der Waals surface area contributed by atoms with Crippen LogP contribution in [0.4, 0.5) is 0 Å². The summed E-state index contributed by atoms with van der Waals surface area (Å²) in [5, 5.41) is 20.3. The molecule has 1 unspecified atom stereocenters. The Morgan fingerprint density at radius 3 is 2.43 bits per heavy atom. The second kappa shape index (κ2) is 9.18. The molecular weight excluding hydrogens is 274 g/mol. The predicted molar refractivity (Wildman–Crippen MR) is 77.2 cm³/mol. The molecule has 0 aliphatic carbocycles. The van der Waals surface area contributed by atoms with E-state index >= 15 is 0 Å². The number of allylic oxidation sites excluding steroid dienone is 3. The summed E-state index contributed by atoms with van der Waals surface area (Å²) in [6.07, 6.45) is 4.30. The van der Waals surface area contributed by atoms with Crippen molar-refractivity contribution in [3.05, 3.63) is 24.0 Å². The van der Waals surface area contributed by atoms with Crippen LogP contribution < -0.4 is 5.11 Å². The Kier molecular flexibility index (Phi) is 8.38. The van der Waals surface area contributed by atoms with Crippen LogP contribution in [-0.4, -0.2) is 55.3 Å². The number of quaternary nitrogens is 1. The highest BCUT2D eigenvalue weighted by molar-refractivity contribution is 5.73. The van der Waals surface area contributed by atoms with Crippen LogP contribution >= 0.6 is 0 Å². The van der Waals surface area contributed by atoms with Crippen molar-refractivity contribution in [1.82, 2.24) is 0 Å². The minimum absolute atomic E-state index is 0.0875. The second-order valence-electron chi connectivity index (χ2n) is 5.84. The lowest BCUT2D eigenvalue weighted by molar-refractivity contribution is -0.873. The first kappa shape index (κ1) is 19.2. The summed E-state index contributed by atoms with van der Waals surface area (Å²) < 4.78 is 5.57. The third-order valence-corrected chi connectivity index (χ3v) is 2.49. The van der Waals surface area contributed by atoms with E-state index in [0.29, 0.717) is 17.4 Å². The van der Waals surface area contributed by atoms with E-state index in [9.17, 15) is 19.8 Å². The highest BCUT2D eigenvalue weighted by atomic mass is 16.5. The van der Waals surface area contributed by atoms with Crippen molar-refractivity contribution in [3.63, 3.8) is 0 Å². The van der Waals surface area contributed by atoms with Gasteiger partial charge in [0.05, 0.1) is 26.9 Å². The maximum absolute atomic E-state index is 11.7. The number of hydrogen-bond donors (Lipinski definition) is 1. The molecule has 0 saturated heterocycles. The van der Waals surface area contributed by atoms with E-state index in [-0.39, 0.29) is 18.6 Å². The van der Waals surface area contributed by atoms with Gasteiger partial charge in [0, 0.05) is 12.4 Å². The molecule has 0 aromatic rings. The number of carboxylic acids is 1. The third-order valence-electron chi connectivity index (χ3n) is 2.49. The number of hydrogen-bond acceptors (Lipinski definition) is 5. The Morgan fingerprint density at radius 1 is 1.33 bits per heavy atom. The van der Waals surface area contributed by atoms with E-state index < -0.39 is 18.0 Å². The normalized spacial score (nSPS) is 14.2. The molecule has 0 bridgehead atoms. The van der Waals surface area contributed by atoms with Gasteiger partial charge >= 0.3 is 5.97 Å². The lowest BCUT2D eigenvalue weighted by atomic mass is 10.2. The van der Waals surface area contributed by atoms with E-state index in [2.05, 4.69) is 0 Å². The molecule has 0 spiro atoms. The molecule has 6 nitrogen and oxygen atoms in total. The van der Waals surface area contributed by atoms with Crippen molar-refractivity contribution in [3.8, 4) is 0 Å². The van der Waals surface area contributed by atoms with Crippen LogP contribution in [0, 0.1) is 0 Å². The van der Waals surface area contributed by atoms with E-state index in [4.69, 9.17) is 4.74 Å². The van der Waals surface area contributed by atoms with Gasteiger partial charge in [-0.1, -0.05) is 12.2 Å². The maximum Gasteiger partial charge on any atom is 0.313 e. The van der Waals surface area contributed by atoms with E-state index in [0.717, 1.165) is 0 Å². The molecule has 0 aromatic heterocycles. The predicted octanol–water partition coefficient (Wildman–Crippen LogP) is 0.543. The van der Waals surface area contributed by atoms with Gasteiger partial charge in [-0.15, -0.1) is 0 Å². The average molecular weight is 299 g/mol. The van der Waals surface area contributed by atoms with Gasteiger partial charge in [0.15, 0.2) is 6.10 Å². The second-order valence-corrected chi connectivity index (χ2v) is 5.84. The molecule has 1 atom stereocenters. The molecule has 0 aliphatic heterocycles. The van der Waals surface area contributed by atoms with Gasteiger partial charge in [0.1, 0.15) is 13.0 Å². The van der Waals surface area contributed by atoms with Crippen LogP contribution in [0.5, 0.6) is 0 Å². The summed E-state index contributed by atoms with van der Waals surface area (Å²) in [5.41, 5.74) is 0. The lowest BCUT2D eigenvalue weighted by Gasteiger charge is -2.29. The highest BCUT2D eigenvalue weighted by Crippen LogP contribution is 2.08. The molecular formula is C15H25NO5. The summed E-state index contributed by atoms with van der Waals surface area (Å²) in [5.74, 6) is -2.01. The van der Waals surface area contributed by atoms with Crippen molar-refractivity contribution < 1.29 is 29.0 Å². The van der Waals surface area contributed by atoms with Crippen molar-refractivity contribution >= 4 is 11.9 Å². The molecule has 0 rings (SSSR count). The standard InChI is InChI=1S/C15H25NO5/c1-5-6-7-8-12(17)9-15(20)21-13(10-14(18)19)11-16(2,3)4/h5-6,8,13H,7,9-11H2,1-4H3,(H-,17,18,19)/b6-5+,12-8-. The summed E-state index contributed by atoms with van der Waals surface area (Å²) in [4.78, 5) is 22.4. The Balaban J connectivity index is 4.52. The van der Waals surface area contributed by atoms with Gasteiger partial charge in [0.25, 0.3) is 0 Å². The van der Waals surface area contributed by atoms with Crippen LogP contribution in [0.3, 0.4) is 0 Å². The molecule has 0 saturated carbocycles. The molecule has 21 heavy (non-hydrogen) atoms. The van der Waals surface area contributed by atoms with Crippen LogP contribution in [-0.2, 0) is 14.3 Å². The Hall–Kier alpha value is -1.82. The van der Waals surface area contributed by atoms with Gasteiger partial charge in [0.2, 0.25) is 0 Å². The number of carbonyl (C=O) groups is 2. The van der Waals surface area contributed by atoms with Crippen LogP contribution in [0.2, 0.25) is 0 Å². The number of aliphatic hydroxyl groups is 1. The van der Waals surface area contributed by atoms with Gasteiger partial charge in [-0.25, -0.2) is 0 Å². The van der Waals surface area contributed by atoms with Gasteiger partial charge in [-0.3, -0.25) is 4.79 Å². The first-order chi connectivity index (χ1) is 9.64. The zero-order valence-electron chi connectivity index (χ0n) is 13.2. The SMILES string of the molecule is C/C=C/C/C=C(\O)CC(=O)OC(CC(=O)[O-])C[N+](C)(C)C. The van der Waals surface area contributed by atoms with Crippen molar-refractivity contribution in [1.29, 1.82) is 0 Å². The van der Waals surface area contributed by atoms with Gasteiger partial charge in [-0.2, -0.15) is 0 Å². The van der Waals surface area contributed by atoms with Crippen molar-refractivity contribution in [2.75, 3.05) is 27.7 Å². The van der Waals surface area contributed by atoms with Crippen LogP contribution in [0.15, 0.2) is 24.0 Å². The smallest absolute Gasteiger partial charge is 0.313 e. The van der Waals surface area contributed by atoms with E-state index in [1.165, 1.54) is 6.08 Å². The van der Waals surface area contributed by atoms with Crippen LogP contribution in [0.25, 0.3) is 0 Å². The molecule has 0 fully saturated rings. The summed E-state index contributed by atoms with van der Waals surface area (Å²) in [7, 11) is 5.60. The lowest BCUT2D eigenvalue weighted by Crippen LogP contribution is -2.45. The number of aliphatic carboxylic acids is 1. The number of carboxylic acid groups (broad SMARTS) is 1. The van der Waals surface area contributed by atoms with Crippen LogP contribution in [0.1, 0.15) is 26.2 Å². The molecule has 1 N–H and O–H groups in total. The number of ether oxygens (including phenoxy) is 1. The van der Waals surface area contributed by atoms with Gasteiger partial charge in [-0.05, 0) is 19.4 Å². The van der Waals surface area contributed by atoms with E-state index in [1.54, 1.807) is 0 Å². The van der Waals surface area contributed by atoms with Crippen molar-refractivity contribution in [2.45, 2.75) is 32.3 Å². The first-order valence-corrected chi connectivity index (χ1v) is 6.83. The van der Waals surface area contributed by atoms with E-state index in [1.807, 2.05) is 40.2 Å². The molecule has 120 valence electrons. The quantitative estimate of drug-likeness (QED) is 0.291. The first-order valence-electron chi connectivity index (χ1n) is 6.83. The average Bonchev–Trinajstić information content (AvgIpc) is 2.25. The molecule has 0 aromatic carbocycles. The molecule has 6 heteroatoms. The topological polar surface area (TPSA) is 86.7 Å². The maximum atomic E-state index is 11.7. The number of rotatable bonds is 9. The third kappa shape index (κ3) is 11.7. The summed E-state index contributed by atoms with van der Waals surface area (Å²) in [6.45, 7) is 2.21. The Labute approximate surface area is 125 Å². The highest BCUT2D eigenvalue weighted by Gasteiger charge is 2.22. The zero-order valence-corrected chi connectivity index (χ0v) is 13.2. The minimum Gasteiger partial charge on any atom is -0.550 e. The summed E-state index contributed by atoms with van der Waals surface area (Å²) in [6, 6.07) is 0. The molecule has 0 amide bonds. The number of likely N-dealkylation sites (N-methyl/N-ethyl adjacent to an activating group) is 1. The fourth-order valence-corrected chi connectivity index (χ4v) is 1.73. The van der Waals surface area contributed by atoms with Crippen molar-refractivity contribution in [2.24, 2.45) is 0 Å². The number of esters is 1. The number of carbonyl (C=O) groups excluding carboxylic acids is 2. The number of nitrogens with zero attached hydrogens (tertiary/aromatic N) is 1. The number of aliphatic hydroxyl groups excluding tert-OH is 1. The Bertz CT molecular complexity index is 407. The minimum atomic E-state index is -1.27. The zero-order chi connectivity index (χ0) is 16.5. The summed E-state index contributed by atoms with van der Waals surface area (Å²) >= 11 is 0. The Morgan fingerprint density at radius 2 is 1.95 bits per heavy atom. The molecule has 0 aliphatic rings. The molecule has 0 radical (unpaired) electrons. The van der Waals surface area contributed by atoms with Gasteiger partial charge < -0.3 is 24.2 Å². The fraction of sp³-hybridized carbons (Fsp3) is 0.600.